The lowest BCUT2D eigenvalue weighted by atomic mass is 9.95. The minimum atomic E-state index is 0.696. The first-order chi connectivity index (χ1) is 18.7. The van der Waals surface area contributed by atoms with E-state index in [0.29, 0.717) is 11.8 Å². The van der Waals surface area contributed by atoms with Gasteiger partial charge in [0.15, 0.2) is 0 Å². The lowest BCUT2D eigenvalue weighted by Crippen LogP contribution is -2.02. The fourth-order valence-corrected chi connectivity index (χ4v) is 7.76. The summed E-state index contributed by atoms with van der Waals surface area (Å²) in [5.41, 5.74) is 2.47. The first-order valence-electron chi connectivity index (χ1n) is 14.7. The lowest BCUT2D eigenvalue weighted by molar-refractivity contribution is 0.403. The van der Waals surface area contributed by atoms with E-state index in [1.165, 1.54) is 82.7 Å². The lowest BCUT2D eigenvalue weighted by Gasteiger charge is -2.13. The highest BCUT2D eigenvalue weighted by molar-refractivity contribution is 7.20. The van der Waals surface area contributed by atoms with Gasteiger partial charge in [-0.3, -0.25) is 0 Å². The summed E-state index contributed by atoms with van der Waals surface area (Å²) in [5, 5.41) is 6.97. The number of furan rings is 2. The number of thiophene rings is 2. The molecule has 0 bridgehead atoms. The van der Waals surface area contributed by atoms with Crippen LogP contribution in [0.1, 0.15) is 90.6 Å². The highest BCUT2D eigenvalue weighted by Gasteiger charge is 2.23. The van der Waals surface area contributed by atoms with Crippen molar-refractivity contribution in [3.8, 4) is 22.6 Å². The molecule has 0 aliphatic carbocycles. The van der Waals surface area contributed by atoms with Crippen LogP contribution in [0.15, 0.2) is 56.0 Å². The Morgan fingerprint density at radius 3 is 1.45 bits per heavy atom. The van der Waals surface area contributed by atoms with Gasteiger partial charge in [-0.25, -0.2) is 0 Å². The fourth-order valence-electron chi connectivity index (χ4n) is 5.83. The SMILES string of the molecule is CCCCC(CC)Cc1ccc(-c2c3ccsc3c(-c3ccc(CC(CC)CCCC)o3)c3ccsc23)o1. The van der Waals surface area contributed by atoms with Gasteiger partial charge in [0.1, 0.15) is 23.0 Å². The van der Waals surface area contributed by atoms with Crippen molar-refractivity contribution in [2.75, 3.05) is 0 Å². The van der Waals surface area contributed by atoms with Crippen LogP contribution in [-0.4, -0.2) is 0 Å². The molecule has 38 heavy (non-hydrogen) atoms. The molecule has 2 nitrogen and oxygen atoms in total. The molecule has 0 saturated carbocycles. The number of fused-ring (bicyclic) bond motifs is 2. The molecule has 0 saturated heterocycles. The third-order valence-electron chi connectivity index (χ3n) is 8.21. The number of unbranched alkanes of at least 4 members (excludes halogenated alkanes) is 2. The second-order valence-corrected chi connectivity index (χ2v) is 12.7. The molecule has 0 amide bonds. The monoisotopic (exact) mass is 546 g/mol. The quantitative estimate of drug-likeness (QED) is 0.138. The summed E-state index contributed by atoms with van der Waals surface area (Å²) < 4.78 is 15.7. The van der Waals surface area contributed by atoms with Crippen LogP contribution in [0.3, 0.4) is 0 Å². The molecule has 1 aromatic carbocycles. The van der Waals surface area contributed by atoms with Crippen molar-refractivity contribution in [1.29, 1.82) is 0 Å². The summed E-state index contributed by atoms with van der Waals surface area (Å²) in [5.74, 6) is 5.61. The molecule has 0 fully saturated rings. The van der Waals surface area contributed by atoms with Crippen LogP contribution >= 0.6 is 22.7 Å². The van der Waals surface area contributed by atoms with E-state index in [1.807, 2.05) is 22.7 Å². The summed E-state index contributed by atoms with van der Waals surface area (Å²) in [7, 11) is 0. The van der Waals surface area contributed by atoms with Crippen LogP contribution in [0.2, 0.25) is 0 Å². The molecule has 0 spiro atoms. The summed E-state index contributed by atoms with van der Waals surface area (Å²) >= 11 is 3.62. The molecule has 5 rings (SSSR count). The number of hydrogen-bond acceptors (Lipinski definition) is 4. The zero-order valence-electron chi connectivity index (χ0n) is 23.5. The Bertz CT molecular complexity index is 1290. The molecule has 0 radical (unpaired) electrons. The standard InChI is InChI=1S/C34H42O2S2/c1-5-9-11-23(7-3)21-25-13-15-29(35-25)31-27-17-19-38-34(27)32(28-18-20-37-33(28)31)30-16-14-26(36-30)22-24(8-4)12-10-6-2/h13-20,23-24H,5-12,21-22H2,1-4H3. The van der Waals surface area contributed by atoms with Gasteiger partial charge in [-0.2, -0.15) is 0 Å². The number of benzene rings is 1. The maximum Gasteiger partial charge on any atom is 0.136 e. The van der Waals surface area contributed by atoms with Crippen LogP contribution in [0.5, 0.6) is 0 Å². The van der Waals surface area contributed by atoms with Crippen LogP contribution < -0.4 is 0 Å². The van der Waals surface area contributed by atoms with E-state index in [1.54, 1.807) is 0 Å². The third-order valence-corrected chi connectivity index (χ3v) is 10.1. The molecule has 4 heteroatoms. The minimum Gasteiger partial charge on any atom is -0.461 e. The molecule has 0 aliphatic rings. The van der Waals surface area contributed by atoms with E-state index in [9.17, 15) is 0 Å². The average molecular weight is 547 g/mol. The smallest absolute Gasteiger partial charge is 0.136 e. The molecule has 4 heterocycles. The Morgan fingerprint density at radius 1 is 0.605 bits per heavy atom. The van der Waals surface area contributed by atoms with Gasteiger partial charge in [-0.15, -0.1) is 22.7 Å². The fraction of sp³-hybridized carbons (Fsp3) is 0.471. The van der Waals surface area contributed by atoms with Gasteiger partial charge in [0.05, 0.1) is 0 Å². The average Bonchev–Trinajstić information content (AvgIpc) is 3.75. The van der Waals surface area contributed by atoms with Gasteiger partial charge >= 0.3 is 0 Å². The van der Waals surface area contributed by atoms with E-state index in [2.05, 4.69) is 74.9 Å². The molecular weight excluding hydrogens is 505 g/mol. The van der Waals surface area contributed by atoms with Crippen molar-refractivity contribution >= 4 is 42.8 Å². The molecule has 5 aromatic rings. The Balaban J connectivity index is 1.50. The normalized spacial score (nSPS) is 13.6. The minimum absolute atomic E-state index is 0.696. The second-order valence-electron chi connectivity index (χ2n) is 10.8. The molecule has 0 N–H and O–H groups in total. The van der Waals surface area contributed by atoms with Crippen molar-refractivity contribution in [1.82, 2.24) is 0 Å². The molecule has 4 aromatic heterocycles. The summed E-state index contributed by atoms with van der Waals surface area (Å²) in [6, 6.07) is 13.3. The number of rotatable bonds is 14. The van der Waals surface area contributed by atoms with Crippen molar-refractivity contribution in [2.45, 2.75) is 91.9 Å². The van der Waals surface area contributed by atoms with E-state index in [4.69, 9.17) is 8.83 Å². The highest BCUT2D eigenvalue weighted by atomic mass is 32.1. The van der Waals surface area contributed by atoms with Gasteiger partial charge in [0.2, 0.25) is 0 Å². The Morgan fingerprint density at radius 2 is 1.05 bits per heavy atom. The van der Waals surface area contributed by atoms with Crippen LogP contribution in [0, 0.1) is 11.8 Å². The van der Waals surface area contributed by atoms with Crippen molar-refractivity contribution in [3.05, 3.63) is 58.7 Å². The van der Waals surface area contributed by atoms with Crippen molar-refractivity contribution < 1.29 is 8.83 Å². The van der Waals surface area contributed by atoms with E-state index in [0.717, 1.165) is 35.9 Å². The van der Waals surface area contributed by atoms with Crippen LogP contribution in [-0.2, 0) is 12.8 Å². The van der Waals surface area contributed by atoms with Gasteiger partial charge in [-0.05, 0) is 59.0 Å². The summed E-state index contributed by atoms with van der Waals surface area (Å²) in [6.07, 6.45) is 12.1. The molecular formula is C34H42O2S2. The van der Waals surface area contributed by atoms with Gasteiger partial charge in [0.25, 0.3) is 0 Å². The zero-order chi connectivity index (χ0) is 26.5. The Kier molecular flexibility index (Phi) is 9.12. The predicted molar refractivity (Wildman–Crippen MR) is 167 cm³/mol. The van der Waals surface area contributed by atoms with E-state index >= 15 is 0 Å². The first kappa shape index (κ1) is 27.3. The maximum absolute atomic E-state index is 6.56. The van der Waals surface area contributed by atoms with Crippen LogP contribution in [0.4, 0.5) is 0 Å². The Labute approximate surface area is 236 Å². The van der Waals surface area contributed by atoms with Crippen molar-refractivity contribution in [2.24, 2.45) is 11.8 Å². The largest absolute Gasteiger partial charge is 0.461 e. The molecule has 2 atom stereocenters. The van der Waals surface area contributed by atoms with Crippen molar-refractivity contribution in [3.63, 3.8) is 0 Å². The topological polar surface area (TPSA) is 26.3 Å². The third kappa shape index (κ3) is 5.67. The maximum atomic E-state index is 6.56. The zero-order valence-corrected chi connectivity index (χ0v) is 25.1. The Hall–Kier alpha value is -2.30. The number of hydrogen-bond donors (Lipinski definition) is 0. The predicted octanol–water partition coefficient (Wildman–Crippen LogP) is 12.2. The first-order valence-corrected chi connectivity index (χ1v) is 16.5. The molecule has 202 valence electrons. The van der Waals surface area contributed by atoms with Gasteiger partial charge < -0.3 is 8.83 Å². The molecule has 0 aliphatic heterocycles. The second kappa shape index (κ2) is 12.7. The highest BCUT2D eigenvalue weighted by Crippen LogP contribution is 2.48. The van der Waals surface area contributed by atoms with Gasteiger partial charge in [0, 0.05) is 44.1 Å². The van der Waals surface area contributed by atoms with E-state index in [-0.39, 0.29) is 0 Å². The van der Waals surface area contributed by atoms with Gasteiger partial charge in [-0.1, -0.05) is 79.1 Å². The van der Waals surface area contributed by atoms with E-state index < -0.39 is 0 Å². The van der Waals surface area contributed by atoms with Crippen LogP contribution in [0.25, 0.3) is 42.8 Å². The summed E-state index contributed by atoms with van der Waals surface area (Å²) in [6.45, 7) is 9.17. The molecule has 2 unspecified atom stereocenters. The summed E-state index contributed by atoms with van der Waals surface area (Å²) in [4.78, 5) is 0.